The molecule has 0 saturated heterocycles. The highest BCUT2D eigenvalue weighted by Gasteiger charge is 2.09. The van der Waals surface area contributed by atoms with Crippen molar-refractivity contribution in [2.75, 3.05) is 5.32 Å². The predicted octanol–water partition coefficient (Wildman–Crippen LogP) is 3.26. The SMILES string of the molecule is Cc1ccnc(C(=O)Nc2cccc(C)c2C)c1. The van der Waals surface area contributed by atoms with Crippen molar-refractivity contribution in [2.24, 2.45) is 0 Å². The normalized spacial score (nSPS) is 10.2. The van der Waals surface area contributed by atoms with Crippen LogP contribution in [-0.4, -0.2) is 10.9 Å². The Labute approximate surface area is 107 Å². The molecule has 0 fully saturated rings. The third-order valence-corrected chi connectivity index (χ3v) is 3.00. The van der Waals surface area contributed by atoms with Gasteiger partial charge in [-0.3, -0.25) is 9.78 Å². The number of carbonyl (C=O) groups is 1. The quantitative estimate of drug-likeness (QED) is 0.875. The molecule has 0 aliphatic heterocycles. The molecule has 1 amide bonds. The van der Waals surface area contributed by atoms with Crippen LogP contribution in [0.25, 0.3) is 0 Å². The van der Waals surface area contributed by atoms with Gasteiger partial charge in [0, 0.05) is 11.9 Å². The number of aromatic nitrogens is 1. The molecule has 1 N–H and O–H groups in total. The molecule has 0 atom stereocenters. The highest BCUT2D eigenvalue weighted by Crippen LogP contribution is 2.18. The summed E-state index contributed by atoms with van der Waals surface area (Å²) >= 11 is 0. The second-order valence-corrected chi connectivity index (χ2v) is 4.42. The van der Waals surface area contributed by atoms with E-state index in [1.807, 2.05) is 45.0 Å². The van der Waals surface area contributed by atoms with Gasteiger partial charge in [0.1, 0.15) is 5.69 Å². The van der Waals surface area contributed by atoms with Crippen LogP contribution in [0.1, 0.15) is 27.2 Å². The summed E-state index contributed by atoms with van der Waals surface area (Å²) < 4.78 is 0. The molecule has 1 aromatic heterocycles. The molecule has 1 aromatic carbocycles. The van der Waals surface area contributed by atoms with Gasteiger partial charge in [0.05, 0.1) is 0 Å². The van der Waals surface area contributed by atoms with Crippen molar-refractivity contribution in [3.8, 4) is 0 Å². The molecular formula is C15H16N2O. The molecule has 0 radical (unpaired) electrons. The molecule has 0 aliphatic rings. The Morgan fingerprint density at radius 2 is 1.94 bits per heavy atom. The Kier molecular flexibility index (Phi) is 3.42. The Hall–Kier alpha value is -2.16. The number of pyridine rings is 1. The average molecular weight is 240 g/mol. The highest BCUT2D eigenvalue weighted by atomic mass is 16.1. The molecule has 1 heterocycles. The van der Waals surface area contributed by atoms with Crippen LogP contribution in [0.5, 0.6) is 0 Å². The number of amides is 1. The molecule has 2 rings (SSSR count). The summed E-state index contributed by atoms with van der Waals surface area (Å²) in [7, 11) is 0. The van der Waals surface area contributed by atoms with Crippen LogP contribution < -0.4 is 5.32 Å². The average Bonchev–Trinajstić information content (AvgIpc) is 2.35. The lowest BCUT2D eigenvalue weighted by Gasteiger charge is -2.10. The maximum atomic E-state index is 12.1. The fourth-order valence-electron chi connectivity index (χ4n) is 1.73. The lowest BCUT2D eigenvalue weighted by atomic mass is 10.1. The van der Waals surface area contributed by atoms with Gasteiger partial charge in [-0.25, -0.2) is 0 Å². The second kappa shape index (κ2) is 5.00. The van der Waals surface area contributed by atoms with E-state index in [0.29, 0.717) is 5.69 Å². The van der Waals surface area contributed by atoms with E-state index >= 15 is 0 Å². The van der Waals surface area contributed by atoms with Crippen molar-refractivity contribution in [3.63, 3.8) is 0 Å². The van der Waals surface area contributed by atoms with Crippen LogP contribution in [0, 0.1) is 20.8 Å². The van der Waals surface area contributed by atoms with Crippen LogP contribution in [-0.2, 0) is 0 Å². The Morgan fingerprint density at radius 3 is 2.67 bits per heavy atom. The molecule has 3 nitrogen and oxygen atoms in total. The number of aryl methyl sites for hydroxylation is 2. The molecule has 2 aromatic rings. The molecule has 0 aliphatic carbocycles. The molecule has 92 valence electrons. The lowest BCUT2D eigenvalue weighted by Crippen LogP contribution is -2.14. The summed E-state index contributed by atoms with van der Waals surface area (Å²) in [6.07, 6.45) is 1.65. The number of benzene rings is 1. The van der Waals surface area contributed by atoms with Gasteiger partial charge in [-0.2, -0.15) is 0 Å². The fourth-order valence-corrected chi connectivity index (χ4v) is 1.73. The molecule has 0 spiro atoms. The summed E-state index contributed by atoms with van der Waals surface area (Å²) in [6, 6.07) is 9.50. The van der Waals surface area contributed by atoms with Crippen molar-refractivity contribution in [3.05, 3.63) is 58.9 Å². The number of carbonyl (C=O) groups excluding carboxylic acids is 1. The van der Waals surface area contributed by atoms with E-state index in [1.54, 1.807) is 12.3 Å². The number of rotatable bonds is 2. The zero-order valence-corrected chi connectivity index (χ0v) is 10.8. The van der Waals surface area contributed by atoms with Crippen molar-refractivity contribution >= 4 is 11.6 Å². The summed E-state index contributed by atoms with van der Waals surface area (Å²) in [5.41, 5.74) is 4.54. The zero-order valence-electron chi connectivity index (χ0n) is 10.8. The lowest BCUT2D eigenvalue weighted by molar-refractivity contribution is 0.102. The molecule has 0 saturated carbocycles. The first-order valence-electron chi connectivity index (χ1n) is 5.88. The first kappa shape index (κ1) is 12.3. The standard InChI is InChI=1S/C15H16N2O/c1-10-7-8-16-14(9-10)15(18)17-13-6-4-5-11(2)12(13)3/h4-9H,1-3H3,(H,17,18). The van der Waals surface area contributed by atoms with Crippen molar-refractivity contribution in [1.29, 1.82) is 0 Å². The summed E-state index contributed by atoms with van der Waals surface area (Å²) in [5.74, 6) is -0.174. The predicted molar refractivity (Wildman–Crippen MR) is 72.8 cm³/mol. The first-order valence-corrected chi connectivity index (χ1v) is 5.88. The minimum absolute atomic E-state index is 0.174. The third-order valence-electron chi connectivity index (χ3n) is 3.00. The smallest absolute Gasteiger partial charge is 0.274 e. The molecule has 3 heteroatoms. The van der Waals surface area contributed by atoms with E-state index in [-0.39, 0.29) is 5.91 Å². The van der Waals surface area contributed by atoms with Crippen LogP contribution in [0.2, 0.25) is 0 Å². The monoisotopic (exact) mass is 240 g/mol. The molecule has 0 bridgehead atoms. The van der Waals surface area contributed by atoms with E-state index in [1.165, 1.54) is 0 Å². The van der Waals surface area contributed by atoms with Gasteiger partial charge < -0.3 is 5.32 Å². The van der Waals surface area contributed by atoms with E-state index in [0.717, 1.165) is 22.4 Å². The first-order chi connectivity index (χ1) is 8.58. The Bertz CT molecular complexity index is 591. The van der Waals surface area contributed by atoms with E-state index in [2.05, 4.69) is 10.3 Å². The van der Waals surface area contributed by atoms with E-state index < -0.39 is 0 Å². The van der Waals surface area contributed by atoms with Crippen LogP contribution in [0.4, 0.5) is 5.69 Å². The van der Waals surface area contributed by atoms with Gasteiger partial charge >= 0.3 is 0 Å². The highest BCUT2D eigenvalue weighted by molar-refractivity contribution is 6.03. The third kappa shape index (κ3) is 2.56. The van der Waals surface area contributed by atoms with Crippen molar-refractivity contribution in [1.82, 2.24) is 4.98 Å². The van der Waals surface area contributed by atoms with Gasteiger partial charge in [-0.05, 0) is 55.7 Å². The number of anilines is 1. The largest absolute Gasteiger partial charge is 0.320 e. The fraction of sp³-hybridized carbons (Fsp3) is 0.200. The van der Waals surface area contributed by atoms with Gasteiger partial charge in [0.15, 0.2) is 0 Å². The summed E-state index contributed by atoms with van der Waals surface area (Å²) in [6.45, 7) is 5.96. The number of hydrogen-bond acceptors (Lipinski definition) is 2. The number of nitrogens with zero attached hydrogens (tertiary/aromatic N) is 1. The van der Waals surface area contributed by atoms with Crippen molar-refractivity contribution < 1.29 is 4.79 Å². The van der Waals surface area contributed by atoms with Gasteiger partial charge in [-0.1, -0.05) is 12.1 Å². The maximum absolute atomic E-state index is 12.1. The Morgan fingerprint density at radius 1 is 1.17 bits per heavy atom. The van der Waals surface area contributed by atoms with E-state index in [4.69, 9.17) is 0 Å². The van der Waals surface area contributed by atoms with Crippen LogP contribution in [0.3, 0.4) is 0 Å². The minimum Gasteiger partial charge on any atom is -0.320 e. The second-order valence-electron chi connectivity index (χ2n) is 4.42. The maximum Gasteiger partial charge on any atom is 0.274 e. The minimum atomic E-state index is -0.174. The molecule has 18 heavy (non-hydrogen) atoms. The van der Waals surface area contributed by atoms with Gasteiger partial charge in [-0.15, -0.1) is 0 Å². The van der Waals surface area contributed by atoms with Gasteiger partial charge in [0.25, 0.3) is 5.91 Å². The number of nitrogens with one attached hydrogen (secondary N) is 1. The summed E-state index contributed by atoms with van der Waals surface area (Å²) in [5, 5.41) is 2.89. The van der Waals surface area contributed by atoms with Gasteiger partial charge in [0.2, 0.25) is 0 Å². The van der Waals surface area contributed by atoms with E-state index in [9.17, 15) is 4.79 Å². The van der Waals surface area contributed by atoms with Crippen LogP contribution >= 0.6 is 0 Å². The number of hydrogen-bond donors (Lipinski definition) is 1. The van der Waals surface area contributed by atoms with Crippen molar-refractivity contribution in [2.45, 2.75) is 20.8 Å². The Balaban J connectivity index is 2.24. The molecular weight excluding hydrogens is 224 g/mol. The topological polar surface area (TPSA) is 42.0 Å². The molecule has 0 unspecified atom stereocenters. The summed E-state index contributed by atoms with van der Waals surface area (Å²) in [4.78, 5) is 16.1. The van der Waals surface area contributed by atoms with Crippen LogP contribution in [0.15, 0.2) is 36.5 Å². The zero-order chi connectivity index (χ0) is 13.1.